The van der Waals surface area contributed by atoms with Crippen LogP contribution in [0.4, 0.5) is 0 Å². The maximum Gasteiger partial charge on any atom is 0.00939 e. The smallest absolute Gasteiger partial charge is 0.00939 e. The largest absolute Gasteiger partial charge is 0.303 e. The van der Waals surface area contributed by atoms with Crippen molar-refractivity contribution in [3.8, 4) is 0 Å². The molecule has 0 unspecified atom stereocenters. The van der Waals surface area contributed by atoms with E-state index < -0.39 is 0 Å². The fourth-order valence-electron chi connectivity index (χ4n) is 1.77. The molecular weight excluding hydrogens is 206 g/mol. The van der Waals surface area contributed by atoms with Gasteiger partial charge in [-0.2, -0.15) is 0 Å². The van der Waals surface area contributed by atoms with Crippen LogP contribution in [0.1, 0.15) is 12.8 Å². The molecule has 2 aliphatic heterocycles. The Hall–Kier alpha value is 1.01. The molecule has 12 heavy (non-hydrogen) atoms. The van der Waals surface area contributed by atoms with Gasteiger partial charge in [0.15, 0.2) is 0 Å². The summed E-state index contributed by atoms with van der Waals surface area (Å²) >= 11 is 0. The number of hydrogen-bond donors (Lipinski definition) is 0. The fraction of sp³-hybridized carbons (Fsp3) is 1.00. The van der Waals surface area contributed by atoms with Crippen LogP contribution in [0, 0.1) is 5.92 Å². The van der Waals surface area contributed by atoms with Gasteiger partial charge in [-0.15, -0.1) is 0 Å². The lowest BCUT2D eigenvalue weighted by atomic mass is 10.2. The van der Waals surface area contributed by atoms with Gasteiger partial charge in [0.2, 0.25) is 0 Å². The van der Waals surface area contributed by atoms with Crippen molar-refractivity contribution in [3.63, 3.8) is 0 Å². The van der Waals surface area contributed by atoms with Gasteiger partial charge in [0.05, 0.1) is 0 Å². The van der Waals surface area contributed by atoms with E-state index in [-0.39, 0.29) is 0 Å². The first-order valence-corrected chi connectivity index (χ1v) is 8.41. The van der Waals surface area contributed by atoms with Gasteiger partial charge in [-0.05, 0) is 41.7 Å². The molecule has 2 fully saturated rings. The molecule has 0 N–H and O–H groups in total. The monoisotopic (exact) mass is 221 g/mol. The number of hydrogen-bond acceptors (Lipinski definition) is 4. The Morgan fingerprint density at radius 1 is 1.08 bits per heavy atom. The Morgan fingerprint density at radius 2 is 1.75 bits per heavy atom. The molecule has 0 atom stereocenters. The van der Waals surface area contributed by atoms with E-state index in [0.717, 1.165) is 5.92 Å². The zero-order valence-electron chi connectivity index (χ0n) is 7.20. The Bertz CT molecular complexity index is 130. The highest BCUT2D eigenvalue weighted by molar-refractivity contribution is 9.09. The molecular formula is C8H15NS3. The van der Waals surface area contributed by atoms with E-state index in [1.165, 1.54) is 44.0 Å². The summed E-state index contributed by atoms with van der Waals surface area (Å²) in [7, 11) is 6.05. The van der Waals surface area contributed by atoms with Gasteiger partial charge in [-0.25, -0.2) is 0 Å². The fourth-order valence-corrected chi connectivity index (χ4v) is 6.23. The average molecular weight is 221 g/mol. The molecule has 4 heteroatoms. The Kier molecular flexibility index (Phi) is 4.01. The average Bonchev–Trinajstić information content (AvgIpc) is 2.59. The Labute approximate surface area is 86.2 Å². The molecule has 2 heterocycles. The van der Waals surface area contributed by atoms with E-state index in [9.17, 15) is 0 Å². The lowest BCUT2D eigenvalue weighted by Gasteiger charge is -2.24. The number of likely N-dealkylation sites (tertiary alicyclic amines) is 1. The van der Waals surface area contributed by atoms with Gasteiger partial charge in [-0.3, -0.25) is 0 Å². The first-order chi connectivity index (χ1) is 5.95. The summed E-state index contributed by atoms with van der Waals surface area (Å²) < 4.78 is 0. The van der Waals surface area contributed by atoms with Crippen molar-refractivity contribution in [2.45, 2.75) is 12.8 Å². The second-order valence-corrected chi connectivity index (χ2v) is 7.83. The molecule has 0 aromatic carbocycles. The van der Waals surface area contributed by atoms with Crippen LogP contribution >= 0.6 is 31.4 Å². The quantitative estimate of drug-likeness (QED) is 0.659. The normalized spacial score (nSPS) is 28.0. The van der Waals surface area contributed by atoms with Crippen molar-refractivity contribution in [1.29, 1.82) is 0 Å². The summed E-state index contributed by atoms with van der Waals surface area (Å²) in [4.78, 5) is 2.64. The van der Waals surface area contributed by atoms with Crippen LogP contribution in [0.2, 0.25) is 0 Å². The molecule has 0 saturated carbocycles. The predicted octanol–water partition coefficient (Wildman–Crippen LogP) is 2.74. The van der Waals surface area contributed by atoms with E-state index in [1.54, 1.807) is 0 Å². The third-order valence-electron chi connectivity index (χ3n) is 2.42. The van der Waals surface area contributed by atoms with Crippen molar-refractivity contribution in [3.05, 3.63) is 0 Å². The summed E-state index contributed by atoms with van der Waals surface area (Å²) in [6.07, 6.45) is 2.86. The number of rotatable bonds is 2. The van der Waals surface area contributed by atoms with E-state index in [2.05, 4.69) is 4.90 Å². The molecule has 0 radical (unpaired) electrons. The van der Waals surface area contributed by atoms with Gasteiger partial charge < -0.3 is 4.90 Å². The molecule has 0 bridgehead atoms. The molecule has 2 aliphatic rings. The third-order valence-corrected chi connectivity index (χ3v) is 6.95. The van der Waals surface area contributed by atoms with Crippen molar-refractivity contribution in [1.82, 2.24) is 4.90 Å². The first kappa shape index (κ1) is 9.56. The molecule has 2 rings (SSSR count). The molecule has 1 nitrogen and oxygen atoms in total. The second-order valence-electron chi connectivity index (χ2n) is 3.51. The lowest BCUT2D eigenvalue weighted by Crippen LogP contribution is -2.29. The van der Waals surface area contributed by atoms with Gasteiger partial charge in [0.25, 0.3) is 0 Å². The molecule has 2 saturated heterocycles. The Morgan fingerprint density at radius 3 is 2.42 bits per heavy atom. The van der Waals surface area contributed by atoms with Crippen LogP contribution in [0.3, 0.4) is 0 Å². The second kappa shape index (κ2) is 5.03. The lowest BCUT2D eigenvalue weighted by molar-refractivity contribution is 0.303. The summed E-state index contributed by atoms with van der Waals surface area (Å²) in [5.41, 5.74) is 0. The summed E-state index contributed by atoms with van der Waals surface area (Å²) in [5.74, 6) is 3.70. The van der Waals surface area contributed by atoms with Gasteiger partial charge in [0, 0.05) is 18.1 Å². The molecule has 0 spiro atoms. The van der Waals surface area contributed by atoms with Crippen molar-refractivity contribution in [2.75, 3.05) is 31.1 Å². The molecule has 0 aromatic heterocycles. The minimum Gasteiger partial charge on any atom is -0.303 e. The topological polar surface area (TPSA) is 3.24 Å². The van der Waals surface area contributed by atoms with Crippen molar-refractivity contribution >= 4 is 31.4 Å². The summed E-state index contributed by atoms with van der Waals surface area (Å²) in [6, 6.07) is 0. The van der Waals surface area contributed by atoms with Gasteiger partial charge in [-0.1, -0.05) is 21.6 Å². The summed E-state index contributed by atoms with van der Waals surface area (Å²) in [5, 5.41) is 0. The van der Waals surface area contributed by atoms with Crippen LogP contribution < -0.4 is 0 Å². The van der Waals surface area contributed by atoms with Crippen LogP contribution in [0.5, 0.6) is 0 Å². The van der Waals surface area contributed by atoms with E-state index in [1.807, 2.05) is 31.4 Å². The highest BCUT2D eigenvalue weighted by Gasteiger charge is 2.20. The molecule has 0 amide bonds. The van der Waals surface area contributed by atoms with Crippen LogP contribution in [0.25, 0.3) is 0 Å². The SMILES string of the molecule is C1CCN(CC2CSSSC2)C1. The van der Waals surface area contributed by atoms with Crippen LogP contribution in [-0.2, 0) is 0 Å². The number of nitrogens with zero attached hydrogens (tertiary/aromatic N) is 1. The summed E-state index contributed by atoms with van der Waals surface area (Å²) in [6.45, 7) is 4.08. The highest BCUT2D eigenvalue weighted by Crippen LogP contribution is 2.42. The predicted molar refractivity (Wildman–Crippen MR) is 61.7 cm³/mol. The van der Waals surface area contributed by atoms with Crippen molar-refractivity contribution in [2.24, 2.45) is 5.92 Å². The van der Waals surface area contributed by atoms with Gasteiger partial charge >= 0.3 is 0 Å². The van der Waals surface area contributed by atoms with Crippen LogP contribution in [-0.4, -0.2) is 36.0 Å². The molecule has 0 aliphatic carbocycles. The minimum absolute atomic E-state index is 0.958. The van der Waals surface area contributed by atoms with E-state index in [4.69, 9.17) is 0 Å². The van der Waals surface area contributed by atoms with Crippen LogP contribution in [0.15, 0.2) is 0 Å². The maximum atomic E-state index is 2.64. The maximum absolute atomic E-state index is 2.64. The molecule has 0 aromatic rings. The zero-order valence-corrected chi connectivity index (χ0v) is 9.65. The first-order valence-electron chi connectivity index (χ1n) is 4.58. The standard InChI is InChI=1S/C8H15NS3/c1-2-4-9(3-1)5-8-6-10-12-11-7-8/h8H,1-7H2. The Balaban J connectivity index is 1.69. The molecule has 70 valence electrons. The van der Waals surface area contributed by atoms with Gasteiger partial charge in [0.1, 0.15) is 0 Å². The van der Waals surface area contributed by atoms with Crippen molar-refractivity contribution < 1.29 is 0 Å². The highest BCUT2D eigenvalue weighted by atomic mass is 33.5. The minimum atomic E-state index is 0.958. The zero-order chi connectivity index (χ0) is 8.23. The van der Waals surface area contributed by atoms with E-state index in [0.29, 0.717) is 0 Å². The third kappa shape index (κ3) is 2.76. The van der Waals surface area contributed by atoms with E-state index >= 15 is 0 Å².